The molecule has 1 aromatic rings. The van der Waals surface area contributed by atoms with Crippen molar-refractivity contribution in [3.63, 3.8) is 0 Å². The molecule has 0 radical (unpaired) electrons. The van der Waals surface area contributed by atoms with Gasteiger partial charge in [-0.2, -0.15) is 0 Å². The molecule has 0 spiro atoms. The number of ether oxygens (including phenoxy) is 2. The van der Waals surface area contributed by atoms with Crippen molar-refractivity contribution >= 4 is 35.8 Å². The van der Waals surface area contributed by atoms with Crippen LogP contribution in [0.3, 0.4) is 0 Å². The molecule has 0 aromatic heterocycles. The van der Waals surface area contributed by atoms with Crippen LogP contribution in [0.2, 0.25) is 0 Å². The van der Waals surface area contributed by atoms with Gasteiger partial charge in [-0.25, -0.2) is 4.99 Å². The standard InChI is InChI=1S/C24H41N5O3.HI/c1-5-20(6-2)22(29-12-14-32-15-13-29)17-27-24(25-7-3)28-18-23(30)26-16-19-8-10-21(31-4)11-9-19;/h8-11,20,22H,5-7,12-18H2,1-4H3,(H,26,30)(H2,25,27,28);1H. The number of nitrogens with zero attached hydrogens (tertiary/aromatic N) is 2. The molecule has 1 aromatic carbocycles. The Bertz CT molecular complexity index is 692. The van der Waals surface area contributed by atoms with E-state index in [2.05, 4.69) is 39.7 Å². The maximum Gasteiger partial charge on any atom is 0.242 e. The Hall–Kier alpha value is -1.59. The quantitative estimate of drug-likeness (QED) is 0.202. The van der Waals surface area contributed by atoms with E-state index < -0.39 is 0 Å². The van der Waals surface area contributed by atoms with Crippen LogP contribution in [0.4, 0.5) is 0 Å². The van der Waals surface area contributed by atoms with Crippen molar-refractivity contribution in [3.8, 4) is 5.75 Å². The summed E-state index contributed by atoms with van der Waals surface area (Å²) in [5.41, 5.74) is 1.02. The Balaban J connectivity index is 0.00000544. The maximum atomic E-state index is 12.3. The minimum Gasteiger partial charge on any atom is -0.497 e. The van der Waals surface area contributed by atoms with E-state index in [-0.39, 0.29) is 36.4 Å². The van der Waals surface area contributed by atoms with Gasteiger partial charge in [0.05, 0.1) is 20.3 Å². The fourth-order valence-corrected chi connectivity index (χ4v) is 4.03. The highest BCUT2D eigenvalue weighted by molar-refractivity contribution is 14.0. The summed E-state index contributed by atoms with van der Waals surface area (Å²) in [6, 6.07) is 8.08. The van der Waals surface area contributed by atoms with Crippen LogP contribution in [0.15, 0.2) is 29.3 Å². The zero-order chi connectivity index (χ0) is 23.2. The van der Waals surface area contributed by atoms with Gasteiger partial charge in [-0.15, -0.1) is 24.0 Å². The Labute approximate surface area is 216 Å². The summed E-state index contributed by atoms with van der Waals surface area (Å²) in [5.74, 6) is 1.98. The topological polar surface area (TPSA) is 87.2 Å². The average Bonchev–Trinajstić information content (AvgIpc) is 2.84. The second-order valence-corrected chi connectivity index (χ2v) is 7.99. The molecule has 1 amide bonds. The maximum absolute atomic E-state index is 12.3. The van der Waals surface area contributed by atoms with Gasteiger partial charge in [0, 0.05) is 38.8 Å². The van der Waals surface area contributed by atoms with Crippen LogP contribution in [0.5, 0.6) is 5.75 Å². The Morgan fingerprint density at radius 1 is 1.09 bits per heavy atom. The van der Waals surface area contributed by atoms with Crippen molar-refractivity contribution in [2.45, 2.75) is 46.2 Å². The first kappa shape index (κ1) is 29.4. The Kier molecular flexibility index (Phi) is 15.1. The van der Waals surface area contributed by atoms with Gasteiger partial charge < -0.3 is 25.4 Å². The number of benzene rings is 1. The van der Waals surface area contributed by atoms with E-state index in [9.17, 15) is 4.79 Å². The van der Waals surface area contributed by atoms with Crippen LogP contribution < -0.4 is 20.7 Å². The lowest BCUT2D eigenvalue weighted by molar-refractivity contribution is -0.119. The van der Waals surface area contributed by atoms with E-state index in [1.165, 1.54) is 0 Å². The number of carbonyl (C=O) groups is 1. The number of methoxy groups -OCH3 is 1. The number of nitrogens with one attached hydrogen (secondary N) is 3. The van der Waals surface area contributed by atoms with Gasteiger partial charge in [-0.1, -0.05) is 38.8 Å². The summed E-state index contributed by atoms with van der Waals surface area (Å²) in [7, 11) is 1.64. The lowest BCUT2D eigenvalue weighted by Crippen LogP contribution is -2.53. The summed E-state index contributed by atoms with van der Waals surface area (Å²) in [5, 5.41) is 9.65. The lowest BCUT2D eigenvalue weighted by atomic mass is 9.92. The monoisotopic (exact) mass is 575 g/mol. The SMILES string of the molecule is CCNC(=NCC(=O)NCc1ccc(OC)cc1)NCC(C(CC)CC)N1CCOCC1.I. The molecule has 33 heavy (non-hydrogen) atoms. The van der Waals surface area contributed by atoms with Gasteiger partial charge in [0.1, 0.15) is 12.3 Å². The first-order valence-corrected chi connectivity index (χ1v) is 11.8. The smallest absolute Gasteiger partial charge is 0.242 e. The third kappa shape index (κ3) is 10.5. The first-order chi connectivity index (χ1) is 15.6. The molecule has 9 heteroatoms. The molecule has 1 atom stereocenters. The second-order valence-electron chi connectivity index (χ2n) is 7.99. The number of hydrogen-bond donors (Lipinski definition) is 3. The molecule has 188 valence electrons. The predicted octanol–water partition coefficient (Wildman–Crippen LogP) is 2.62. The summed E-state index contributed by atoms with van der Waals surface area (Å²) in [6.07, 6.45) is 2.28. The summed E-state index contributed by atoms with van der Waals surface area (Å²) >= 11 is 0. The van der Waals surface area contributed by atoms with Crippen molar-refractivity contribution < 1.29 is 14.3 Å². The molecule has 1 aliphatic rings. The molecule has 3 N–H and O–H groups in total. The molecule has 0 aliphatic carbocycles. The normalized spacial score (nSPS) is 15.5. The highest BCUT2D eigenvalue weighted by atomic mass is 127. The highest BCUT2D eigenvalue weighted by Gasteiger charge is 2.27. The first-order valence-electron chi connectivity index (χ1n) is 11.8. The molecule has 1 fully saturated rings. The fraction of sp³-hybridized carbons (Fsp3) is 0.667. The van der Waals surface area contributed by atoms with Crippen LogP contribution in [-0.4, -0.2) is 75.9 Å². The number of rotatable bonds is 12. The van der Waals surface area contributed by atoms with Crippen molar-refractivity contribution in [1.82, 2.24) is 20.9 Å². The van der Waals surface area contributed by atoms with Crippen molar-refractivity contribution in [2.75, 3.05) is 53.0 Å². The average molecular weight is 576 g/mol. The molecule has 1 saturated heterocycles. The second kappa shape index (κ2) is 16.9. The van der Waals surface area contributed by atoms with E-state index >= 15 is 0 Å². The molecule has 1 heterocycles. The van der Waals surface area contributed by atoms with Crippen LogP contribution in [0.1, 0.15) is 39.2 Å². The molecule has 8 nitrogen and oxygen atoms in total. The number of carbonyl (C=O) groups excluding carboxylic acids is 1. The molecule has 1 aliphatic heterocycles. The van der Waals surface area contributed by atoms with E-state index in [0.29, 0.717) is 24.5 Å². The van der Waals surface area contributed by atoms with Gasteiger partial charge >= 0.3 is 0 Å². The largest absolute Gasteiger partial charge is 0.497 e. The van der Waals surface area contributed by atoms with Gasteiger partial charge in [0.15, 0.2) is 5.96 Å². The highest BCUT2D eigenvalue weighted by Crippen LogP contribution is 2.19. The number of aliphatic imine (C=N–C) groups is 1. The van der Waals surface area contributed by atoms with Crippen molar-refractivity contribution in [1.29, 1.82) is 0 Å². The zero-order valence-corrected chi connectivity index (χ0v) is 22.9. The zero-order valence-electron chi connectivity index (χ0n) is 20.6. The Morgan fingerprint density at radius 3 is 2.33 bits per heavy atom. The number of guanidine groups is 1. The van der Waals surface area contributed by atoms with E-state index in [1.807, 2.05) is 31.2 Å². The molecule has 1 unspecified atom stereocenters. The molecule has 0 saturated carbocycles. The Morgan fingerprint density at radius 2 is 1.76 bits per heavy atom. The summed E-state index contributed by atoms with van der Waals surface area (Å²) in [4.78, 5) is 19.3. The predicted molar refractivity (Wildman–Crippen MR) is 144 cm³/mol. The number of halogens is 1. The van der Waals surface area contributed by atoms with E-state index in [4.69, 9.17) is 9.47 Å². The minimum absolute atomic E-state index is 0. The number of hydrogen-bond acceptors (Lipinski definition) is 5. The fourth-order valence-electron chi connectivity index (χ4n) is 4.03. The van der Waals surface area contributed by atoms with Gasteiger partial charge in [0.25, 0.3) is 0 Å². The third-order valence-corrected chi connectivity index (χ3v) is 5.96. The third-order valence-electron chi connectivity index (χ3n) is 5.96. The van der Waals surface area contributed by atoms with Crippen molar-refractivity contribution in [2.24, 2.45) is 10.9 Å². The van der Waals surface area contributed by atoms with Crippen molar-refractivity contribution in [3.05, 3.63) is 29.8 Å². The van der Waals surface area contributed by atoms with Gasteiger partial charge in [-0.05, 0) is 30.5 Å². The van der Waals surface area contributed by atoms with E-state index in [0.717, 1.165) is 63.5 Å². The minimum atomic E-state index is -0.109. The molecular weight excluding hydrogens is 533 g/mol. The number of morpholine rings is 1. The lowest BCUT2D eigenvalue weighted by Gasteiger charge is -2.39. The van der Waals surface area contributed by atoms with Crippen LogP contribution in [0, 0.1) is 5.92 Å². The number of amides is 1. The van der Waals surface area contributed by atoms with E-state index in [1.54, 1.807) is 7.11 Å². The van der Waals surface area contributed by atoms with Crippen LogP contribution in [0.25, 0.3) is 0 Å². The summed E-state index contributed by atoms with van der Waals surface area (Å²) < 4.78 is 10.7. The summed E-state index contributed by atoms with van der Waals surface area (Å²) in [6.45, 7) is 12.1. The molecule has 0 bridgehead atoms. The van der Waals surface area contributed by atoms with Crippen LogP contribution in [-0.2, 0) is 16.1 Å². The van der Waals surface area contributed by atoms with Crippen LogP contribution >= 0.6 is 24.0 Å². The van der Waals surface area contributed by atoms with Gasteiger partial charge in [0.2, 0.25) is 5.91 Å². The molecule has 2 rings (SSSR count). The molecular formula is C24H42IN5O3. The van der Waals surface area contributed by atoms with Gasteiger partial charge in [-0.3, -0.25) is 9.69 Å².